The number of halogens is 5. The zero-order valence-corrected chi connectivity index (χ0v) is 21.3. The van der Waals surface area contributed by atoms with E-state index in [0.717, 1.165) is 14.6 Å². The van der Waals surface area contributed by atoms with E-state index < -0.39 is 27.3 Å². The number of nitrogens with zero attached hydrogens (tertiary/aromatic N) is 3. The Morgan fingerprint density at radius 2 is 1.70 bits per heavy atom. The first-order chi connectivity index (χ1) is 17.4. The second-order valence-electron chi connectivity index (χ2n) is 8.41. The van der Waals surface area contributed by atoms with Crippen molar-refractivity contribution in [3.05, 3.63) is 91.8 Å². The molecule has 2 aromatic carbocycles. The van der Waals surface area contributed by atoms with Crippen molar-refractivity contribution in [1.29, 1.82) is 0 Å². The summed E-state index contributed by atoms with van der Waals surface area (Å²) in [5, 5.41) is 2.10. The van der Waals surface area contributed by atoms with Crippen LogP contribution in [0, 0.1) is 6.92 Å². The summed E-state index contributed by atoms with van der Waals surface area (Å²) < 4.78 is 68.7. The molecular formula is C24H17Cl2F3N4O3S. The molecule has 0 aliphatic carbocycles. The lowest BCUT2D eigenvalue weighted by molar-refractivity contribution is -0.137. The zero-order chi connectivity index (χ0) is 26.7. The molecule has 4 aromatic rings. The van der Waals surface area contributed by atoms with Gasteiger partial charge in [-0.25, -0.2) is 22.4 Å². The molecule has 13 heteroatoms. The smallest absolute Gasteiger partial charge is 0.290 e. The number of sulfonamides is 1. The second-order valence-corrected chi connectivity index (χ2v) is 11.1. The number of benzene rings is 2. The van der Waals surface area contributed by atoms with Crippen molar-refractivity contribution in [1.82, 2.24) is 14.8 Å². The number of aromatic nitrogens is 3. The maximum Gasteiger partial charge on any atom is 0.416 e. The highest BCUT2D eigenvalue weighted by Gasteiger charge is 2.35. The number of anilines is 1. The number of hydrogen-bond donors (Lipinski definition) is 1. The molecule has 1 aliphatic heterocycles. The van der Waals surface area contributed by atoms with Crippen LogP contribution in [-0.4, -0.2) is 29.7 Å². The Morgan fingerprint density at radius 3 is 2.32 bits per heavy atom. The fourth-order valence-corrected chi connectivity index (χ4v) is 6.30. The summed E-state index contributed by atoms with van der Waals surface area (Å²) >= 11 is 12.3. The van der Waals surface area contributed by atoms with Crippen molar-refractivity contribution in [3.63, 3.8) is 0 Å². The molecule has 37 heavy (non-hydrogen) atoms. The van der Waals surface area contributed by atoms with Gasteiger partial charge >= 0.3 is 6.18 Å². The molecule has 0 fully saturated rings. The van der Waals surface area contributed by atoms with Crippen LogP contribution in [-0.2, 0) is 22.6 Å². The second kappa shape index (κ2) is 8.93. The summed E-state index contributed by atoms with van der Waals surface area (Å²) in [7, 11) is -4.02. The number of pyridine rings is 1. The fraction of sp³-hybridized carbons (Fsp3) is 0.167. The summed E-state index contributed by atoms with van der Waals surface area (Å²) in [5.41, 5.74) is -0.138. The van der Waals surface area contributed by atoms with Gasteiger partial charge in [0.15, 0.2) is 5.82 Å². The normalized spacial score (nSPS) is 13.7. The van der Waals surface area contributed by atoms with Crippen molar-refractivity contribution < 1.29 is 21.6 Å². The number of aryl methyl sites for hydroxylation is 1. The third kappa shape index (κ3) is 4.30. The molecule has 0 amide bonds. The maximum absolute atomic E-state index is 13.5. The third-order valence-electron chi connectivity index (χ3n) is 6.02. The number of rotatable bonds is 3. The van der Waals surface area contributed by atoms with Gasteiger partial charge in [0, 0.05) is 23.9 Å². The molecule has 192 valence electrons. The van der Waals surface area contributed by atoms with E-state index in [1.807, 2.05) is 6.92 Å². The number of fused-ring (bicyclic) bond motifs is 3. The number of aromatic amines is 1. The Bertz CT molecular complexity index is 1670. The van der Waals surface area contributed by atoms with E-state index in [1.165, 1.54) is 18.3 Å². The van der Waals surface area contributed by atoms with Gasteiger partial charge in [-0.2, -0.15) is 13.2 Å². The standard InChI is InChI=1S/C24H17Cl2F3N4O3S/c1-13-4-6-15(7-5-13)37(35,36)32-10-8-17-20(16-3-2-9-30-22(16)32)31-33(23(17)34)21-18(25)11-14(12-19(21)26)24(27,28)29/h2-7,9,11-12,31H,8,10H2,1H3. The molecule has 0 atom stereocenters. The van der Waals surface area contributed by atoms with E-state index in [4.69, 9.17) is 23.2 Å². The van der Waals surface area contributed by atoms with Crippen LogP contribution in [0.25, 0.3) is 16.9 Å². The van der Waals surface area contributed by atoms with E-state index in [1.54, 1.807) is 24.3 Å². The van der Waals surface area contributed by atoms with Gasteiger partial charge in [0.2, 0.25) is 0 Å². The van der Waals surface area contributed by atoms with Gasteiger partial charge in [-0.05, 0) is 49.7 Å². The number of nitrogens with one attached hydrogen (secondary N) is 1. The van der Waals surface area contributed by atoms with Crippen molar-refractivity contribution in [3.8, 4) is 16.9 Å². The van der Waals surface area contributed by atoms with E-state index in [9.17, 15) is 26.4 Å². The summed E-state index contributed by atoms with van der Waals surface area (Å²) in [6.07, 6.45) is -3.25. The topological polar surface area (TPSA) is 88.1 Å². The fourth-order valence-electron chi connectivity index (χ4n) is 4.21. The van der Waals surface area contributed by atoms with Gasteiger partial charge in [0.1, 0.15) is 5.69 Å². The minimum Gasteiger partial charge on any atom is -0.290 e. The third-order valence-corrected chi connectivity index (χ3v) is 8.40. The average Bonchev–Trinajstić information content (AvgIpc) is 3.04. The van der Waals surface area contributed by atoms with E-state index >= 15 is 0 Å². The monoisotopic (exact) mass is 568 g/mol. The zero-order valence-electron chi connectivity index (χ0n) is 19.0. The predicted octanol–water partition coefficient (Wildman–Crippen LogP) is 5.61. The highest BCUT2D eigenvalue weighted by atomic mass is 35.5. The van der Waals surface area contributed by atoms with Crippen LogP contribution in [0.3, 0.4) is 0 Å². The van der Waals surface area contributed by atoms with Gasteiger partial charge in [-0.15, -0.1) is 0 Å². The minimum absolute atomic E-state index is 0.00497. The maximum atomic E-state index is 13.5. The van der Waals surface area contributed by atoms with Gasteiger partial charge in [0.05, 0.1) is 26.2 Å². The van der Waals surface area contributed by atoms with Crippen LogP contribution < -0.4 is 9.86 Å². The lowest BCUT2D eigenvalue weighted by atomic mass is 10.1. The molecule has 1 N–H and O–H groups in total. The Hall–Kier alpha value is -3.28. The summed E-state index contributed by atoms with van der Waals surface area (Å²) in [5.74, 6) is 0.0971. The molecule has 1 aliphatic rings. The lowest BCUT2D eigenvalue weighted by Crippen LogP contribution is -2.34. The first kappa shape index (κ1) is 25.4. The number of hydrogen-bond acceptors (Lipinski definition) is 4. The molecule has 5 rings (SSSR count). The van der Waals surface area contributed by atoms with Crippen molar-refractivity contribution in [2.75, 3.05) is 10.8 Å². The Labute approximate surface area is 219 Å². The molecule has 2 aromatic heterocycles. The number of alkyl halides is 3. The lowest BCUT2D eigenvalue weighted by Gasteiger charge is -2.23. The van der Waals surface area contributed by atoms with E-state index in [-0.39, 0.29) is 50.7 Å². The van der Waals surface area contributed by atoms with Gasteiger partial charge < -0.3 is 0 Å². The Balaban J connectivity index is 1.66. The van der Waals surface area contributed by atoms with Gasteiger partial charge in [-0.1, -0.05) is 40.9 Å². The molecule has 0 saturated carbocycles. The van der Waals surface area contributed by atoms with Crippen LogP contribution in [0.5, 0.6) is 0 Å². The highest BCUT2D eigenvalue weighted by molar-refractivity contribution is 7.92. The molecular weight excluding hydrogens is 552 g/mol. The summed E-state index contributed by atoms with van der Waals surface area (Å²) in [6, 6.07) is 10.9. The van der Waals surface area contributed by atoms with Crippen LogP contribution in [0.1, 0.15) is 16.7 Å². The summed E-state index contributed by atoms with van der Waals surface area (Å²) in [6.45, 7) is 1.74. The minimum atomic E-state index is -4.68. The molecule has 7 nitrogen and oxygen atoms in total. The van der Waals surface area contributed by atoms with E-state index in [0.29, 0.717) is 17.7 Å². The number of H-pyrrole nitrogens is 1. The molecule has 0 radical (unpaired) electrons. The molecule has 0 bridgehead atoms. The van der Waals surface area contributed by atoms with Crippen LogP contribution in [0.4, 0.5) is 19.0 Å². The molecule has 0 saturated heterocycles. The van der Waals surface area contributed by atoms with Crippen LogP contribution >= 0.6 is 23.2 Å². The molecule has 0 spiro atoms. The first-order valence-electron chi connectivity index (χ1n) is 10.8. The van der Waals surface area contributed by atoms with Gasteiger partial charge in [0.25, 0.3) is 15.6 Å². The largest absolute Gasteiger partial charge is 0.416 e. The van der Waals surface area contributed by atoms with Gasteiger partial charge in [-0.3, -0.25) is 9.89 Å². The van der Waals surface area contributed by atoms with Crippen LogP contribution in [0.2, 0.25) is 10.0 Å². The van der Waals surface area contributed by atoms with Crippen molar-refractivity contribution >= 4 is 39.0 Å². The van der Waals surface area contributed by atoms with E-state index in [2.05, 4.69) is 10.1 Å². The average molecular weight is 569 g/mol. The Kier molecular flexibility index (Phi) is 6.12. The van der Waals surface area contributed by atoms with Crippen molar-refractivity contribution in [2.24, 2.45) is 0 Å². The first-order valence-corrected chi connectivity index (χ1v) is 13.0. The SMILES string of the molecule is Cc1ccc(S(=O)(=O)N2CCc3c([nH]n(-c4c(Cl)cc(C(F)(F)F)cc4Cl)c3=O)-c3cccnc32)cc1. The van der Waals surface area contributed by atoms with Crippen molar-refractivity contribution in [2.45, 2.75) is 24.4 Å². The molecule has 3 heterocycles. The highest BCUT2D eigenvalue weighted by Crippen LogP contribution is 2.39. The summed E-state index contributed by atoms with van der Waals surface area (Å²) in [4.78, 5) is 17.8. The quantitative estimate of drug-likeness (QED) is 0.348. The molecule has 0 unspecified atom stereocenters. The Morgan fingerprint density at radius 1 is 1.05 bits per heavy atom. The van der Waals surface area contributed by atoms with Crippen LogP contribution in [0.15, 0.2) is 64.4 Å². The predicted molar refractivity (Wildman–Crippen MR) is 134 cm³/mol.